The molecule has 0 aliphatic heterocycles. The van der Waals surface area contributed by atoms with Gasteiger partial charge in [0.1, 0.15) is 11.2 Å². The molecule has 0 bridgehead atoms. The Bertz CT molecular complexity index is 1940. The number of pyridine rings is 1. The topological polar surface area (TPSA) is 34.8 Å². The van der Waals surface area contributed by atoms with Crippen molar-refractivity contribution < 1.29 is 8.98 Å². The van der Waals surface area contributed by atoms with E-state index in [0.717, 1.165) is 38.9 Å². The number of nitrogens with zero attached hydrogens (tertiary/aromatic N) is 3. The van der Waals surface area contributed by atoms with Gasteiger partial charge in [0.15, 0.2) is 0 Å². The monoisotopic (exact) mass is 453 g/mol. The number of hydrogen-bond donors (Lipinski definition) is 0. The number of imidazole rings is 1. The van der Waals surface area contributed by atoms with E-state index in [0.29, 0.717) is 0 Å². The third kappa shape index (κ3) is 3.07. The first kappa shape index (κ1) is 20.0. The summed E-state index contributed by atoms with van der Waals surface area (Å²) >= 11 is 0. The summed E-state index contributed by atoms with van der Waals surface area (Å²) in [6.45, 7) is 4.21. The van der Waals surface area contributed by atoms with Crippen molar-refractivity contribution >= 4 is 43.5 Å². The average molecular weight is 454 g/mol. The Morgan fingerprint density at radius 2 is 1.69 bits per heavy atom. The number of fused-ring (bicyclic) bond motifs is 6. The standard InChI is InChI=1S/C31H23N3O/c1-19-12-29(32-17-20(19)2)28-15-23(34-11-10-33(3)18-34)14-27-26-16-25-22(13-30(26)35-31(27)28)9-8-21-6-4-5-7-24(21)25/h4-17H,1-3H3. The van der Waals surface area contributed by atoms with E-state index >= 15 is 0 Å². The molecule has 7 rings (SSSR count). The molecule has 0 aliphatic rings. The Balaban J connectivity index is 1.61. The highest BCUT2D eigenvalue weighted by Crippen LogP contribution is 2.40. The van der Waals surface area contributed by atoms with Crippen molar-refractivity contribution in [2.75, 3.05) is 0 Å². The minimum atomic E-state index is 0.857. The van der Waals surface area contributed by atoms with Gasteiger partial charge in [0.2, 0.25) is 6.33 Å². The zero-order valence-electron chi connectivity index (χ0n) is 19.8. The molecular formula is C31H23N3O. The van der Waals surface area contributed by atoms with Crippen molar-refractivity contribution in [3.63, 3.8) is 0 Å². The molecule has 3 heterocycles. The second-order valence-electron chi connectivity index (χ2n) is 9.36. The van der Waals surface area contributed by atoms with Crippen LogP contribution in [-0.4, -0.2) is 9.55 Å². The van der Waals surface area contributed by atoms with Gasteiger partial charge in [-0.05, 0) is 76.9 Å². The predicted molar refractivity (Wildman–Crippen MR) is 141 cm³/mol. The molecule has 4 heteroatoms. The second kappa shape index (κ2) is 7.28. The van der Waals surface area contributed by atoms with Gasteiger partial charge in [-0.3, -0.25) is 4.98 Å². The third-order valence-corrected chi connectivity index (χ3v) is 7.05. The van der Waals surface area contributed by atoms with Crippen LogP contribution in [0.3, 0.4) is 0 Å². The molecule has 0 atom stereocenters. The lowest BCUT2D eigenvalue weighted by atomic mass is 9.98. The minimum absolute atomic E-state index is 0.857. The van der Waals surface area contributed by atoms with Gasteiger partial charge < -0.3 is 13.6 Å². The van der Waals surface area contributed by atoms with Gasteiger partial charge in [-0.15, -0.1) is 0 Å². The molecule has 4 aromatic carbocycles. The number of aromatic nitrogens is 3. The largest absolute Gasteiger partial charge is 0.455 e. The molecule has 0 radical (unpaired) electrons. The van der Waals surface area contributed by atoms with Crippen molar-refractivity contribution in [1.29, 1.82) is 0 Å². The molecule has 7 aromatic rings. The van der Waals surface area contributed by atoms with E-state index in [2.05, 4.69) is 86.9 Å². The van der Waals surface area contributed by atoms with Crippen LogP contribution < -0.4 is 4.57 Å². The average Bonchev–Trinajstić information content (AvgIpc) is 3.47. The van der Waals surface area contributed by atoms with Crippen LogP contribution in [0.2, 0.25) is 0 Å². The number of hydrogen-bond acceptors (Lipinski definition) is 2. The highest BCUT2D eigenvalue weighted by molar-refractivity contribution is 6.18. The van der Waals surface area contributed by atoms with E-state index in [1.165, 1.54) is 32.7 Å². The first-order chi connectivity index (χ1) is 17.0. The summed E-state index contributed by atoms with van der Waals surface area (Å²) in [6, 6.07) is 23.8. The van der Waals surface area contributed by atoms with E-state index in [4.69, 9.17) is 9.40 Å². The van der Waals surface area contributed by atoms with Gasteiger partial charge in [-0.2, -0.15) is 0 Å². The van der Waals surface area contributed by atoms with E-state index in [1.54, 1.807) is 0 Å². The molecule has 3 aromatic heterocycles. The minimum Gasteiger partial charge on any atom is -0.455 e. The Morgan fingerprint density at radius 3 is 2.51 bits per heavy atom. The van der Waals surface area contributed by atoms with Crippen LogP contribution in [0, 0.1) is 20.2 Å². The van der Waals surface area contributed by atoms with Crippen molar-refractivity contribution in [1.82, 2.24) is 9.55 Å². The van der Waals surface area contributed by atoms with E-state index in [-0.39, 0.29) is 0 Å². The predicted octanol–water partition coefficient (Wildman–Crippen LogP) is 6.99. The molecule has 0 amide bonds. The third-order valence-electron chi connectivity index (χ3n) is 7.05. The number of aryl methyl sites for hydroxylation is 3. The van der Waals surface area contributed by atoms with Gasteiger partial charge in [-0.1, -0.05) is 36.4 Å². The van der Waals surface area contributed by atoms with Crippen LogP contribution in [0.15, 0.2) is 89.7 Å². The maximum absolute atomic E-state index is 6.56. The Labute approximate surface area is 202 Å². The van der Waals surface area contributed by atoms with Crippen LogP contribution in [0.5, 0.6) is 0 Å². The first-order valence-electron chi connectivity index (χ1n) is 11.8. The quantitative estimate of drug-likeness (QED) is 0.161. The van der Waals surface area contributed by atoms with Crippen molar-refractivity contribution in [3.05, 3.63) is 103 Å². The molecule has 0 fully saturated rings. The number of rotatable bonds is 2. The van der Waals surface area contributed by atoms with Gasteiger partial charge in [0.05, 0.1) is 18.4 Å². The maximum atomic E-state index is 6.56. The van der Waals surface area contributed by atoms with Gasteiger partial charge >= 0.3 is 0 Å². The molecule has 0 N–H and O–H groups in total. The summed E-state index contributed by atoms with van der Waals surface area (Å²) in [4.78, 5) is 4.78. The highest BCUT2D eigenvalue weighted by atomic mass is 16.3. The lowest BCUT2D eigenvalue weighted by Gasteiger charge is -2.09. The van der Waals surface area contributed by atoms with Crippen molar-refractivity contribution in [3.8, 4) is 16.9 Å². The van der Waals surface area contributed by atoms with Crippen molar-refractivity contribution in [2.45, 2.75) is 13.8 Å². The normalized spacial score (nSPS) is 11.9. The molecule has 4 nitrogen and oxygen atoms in total. The summed E-state index contributed by atoms with van der Waals surface area (Å²) in [5.74, 6) is 0. The fourth-order valence-corrected chi connectivity index (χ4v) is 5.01. The van der Waals surface area contributed by atoms with Crippen LogP contribution in [-0.2, 0) is 7.05 Å². The Hall–Kier alpha value is -4.44. The number of benzene rings is 4. The summed E-state index contributed by atoms with van der Waals surface area (Å²) < 4.78 is 10.5. The zero-order chi connectivity index (χ0) is 23.7. The molecule has 168 valence electrons. The van der Waals surface area contributed by atoms with Crippen LogP contribution in [0.1, 0.15) is 11.1 Å². The fourth-order valence-electron chi connectivity index (χ4n) is 5.01. The lowest BCUT2D eigenvalue weighted by Crippen LogP contribution is -2.24. The van der Waals surface area contributed by atoms with E-state index < -0.39 is 0 Å². The smallest absolute Gasteiger partial charge is 0.243 e. The van der Waals surface area contributed by atoms with Crippen LogP contribution >= 0.6 is 0 Å². The van der Waals surface area contributed by atoms with Gasteiger partial charge in [-0.25, -0.2) is 0 Å². The fraction of sp³-hybridized carbons (Fsp3) is 0.0968. The second-order valence-corrected chi connectivity index (χ2v) is 9.36. The van der Waals surface area contributed by atoms with Gasteiger partial charge in [0, 0.05) is 34.9 Å². The van der Waals surface area contributed by atoms with Gasteiger partial charge in [0.25, 0.3) is 0 Å². The maximum Gasteiger partial charge on any atom is 0.243 e. The van der Waals surface area contributed by atoms with E-state index in [9.17, 15) is 0 Å². The SMILES string of the molecule is Cc1cnc(-c2cc(-n3[c-][n+](C)cc3)cc3c2oc2cc4ccc5ccccc5c4cc23)cc1C. The lowest BCUT2D eigenvalue weighted by molar-refractivity contribution is -0.674. The molecule has 0 saturated carbocycles. The summed E-state index contributed by atoms with van der Waals surface area (Å²) in [7, 11) is 1.98. The first-order valence-corrected chi connectivity index (χ1v) is 11.8. The molecule has 35 heavy (non-hydrogen) atoms. The van der Waals surface area contributed by atoms with Crippen LogP contribution in [0.25, 0.3) is 60.4 Å². The molecule has 0 aliphatic carbocycles. The van der Waals surface area contributed by atoms with E-state index in [1.807, 2.05) is 34.8 Å². The molecular weight excluding hydrogens is 430 g/mol. The van der Waals surface area contributed by atoms with Crippen LogP contribution in [0.4, 0.5) is 0 Å². The van der Waals surface area contributed by atoms with Crippen molar-refractivity contribution in [2.24, 2.45) is 7.05 Å². The summed E-state index contributed by atoms with van der Waals surface area (Å²) in [6.07, 6.45) is 9.28. The Morgan fingerprint density at radius 1 is 0.829 bits per heavy atom. The summed E-state index contributed by atoms with van der Waals surface area (Å²) in [5, 5.41) is 7.07. The molecule has 0 saturated heterocycles. The highest BCUT2D eigenvalue weighted by Gasteiger charge is 2.17. The Kier molecular flexibility index (Phi) is 4.15. The zero-order valence-corrected chi connectivity index (χ0v) is 19.8. The molecule has 0 unspecified atom stereocenters. The molecule has 0 spiro atoms. The number of furan rings is 1. The summed E-state index contributed by atoms with van der Waals surface area (Å²) in [5.41, 5.74) is 7.04.